The monoisotopic (exact) mass is 271 g/mol. The van der Waals surface area contributed by atoms with Crippen molar-refractivity contribution in [1.29, 1.82) is 0 Å². The molecule has 0 bridgehead atoms. The first-order chi connectivity index (χ1) is 8.49. The van der Waals surface area contributed by atoms with Crippen molar-refractivity contribution >= 4 is 28.7 Å². The normalized spacial score (nSPS) is 23.9. The lowest BCUT2D eigenvalue weighted by Gasteiger charge is -2.28. The number of hydrogen-bond acceptors (Lipinski definition) is 3. The lowest BCUT2D eigenvalue weighted by Crippen LogP contribution is -2.26. The first kappa shape index (κ1) is 13.3. The van der Waals surface area contributed by atoms with Gasteiger partial charge in [0.15, 0.2) is 5.82 Å². The number of nitrogens with one attached hydrogen (secondary N) is 1. The molecule has 100 valence electrons. The molecule has 0 unspecified atom stereocenters. The second-order valence-electron chi connectivity index (χ2n) is 5.16. The summed E-state index contributed by atoms with van der Waals surface area (Å²) in [4.78, 5) is 0. The average molecular weight is 272 g/mol. The van der Waals surface area contributed by atoms with E-state index in [9.17, 15) is 4.39 Å². The summed E-state index contributed by atoms with van der Waals surface area (Å²) in [5.74, 6) is 0.202. The summed E-state index contributed by atoms with van der Waals surface area (Å²) in [6.07, 6.45) is 4.37. The van der Waals surface area contributed by atoms with Crippen molar-refractivity contribution in [3.8, 4) is 0 Å². The van der Waals surface area contributed by atoms with E-state index in [4.69, 9.17) is 23.1 Å². The molecule has 0 radical (unpaired) electrons. The van der Waals surface area contributed by atoms with Gasteiger partial charge >= 0.3 is 0 Å². The highest BCUT2D eigenvalue weighted by Gasteiger charge is 2.21. The highest BCUT2D eigenvalue weighted by molar-refractivity contribution is 6.33. The number of nitrogen functional groups attached to an aromatic ring is 2. The van der Waals surface area contributed by atoms with Crippen molar-refractivity contribution in [2.24, 2.45) is 5.92 Å². The zero-order chi connectivity index (χ0) is 13.3. The summed E-state index contributed by atoms with van der Waals surface area (Å²) >= 11 is 5.80. The molecule has 0 aromatic heterocycles. The molecule has 0 saturated heterocycles. The fourth-order valence-corrected chi connectivity index (χ4v) is 2.57. The summed E-state index contributed by atoms with van der Waals surface area (Å²) in [5, 5.41) is 3.11. The van der Waals surface area contributed by atoms with Crippen molar-refractivity contribution in [2.45, 2.75) is 38.6 Å². The average Bonchev–Trinajstić information content (AvgIpc) is 2.34. The van der Waals surface area contributed by atoms with Crippen LogP contribution in [0.4, 0.5) is 21.5 Å². The number of nitrogens with two attached hydrogens (primary N) is 2. The maximum absolute atomic E-state index is 14.0. The molecule has 0 spiro atoms. The number of hydrogen-bond donors (Lipinski definition) is 3. The third kappa shape index (κ3) is 2.64. The summed E-state index contributed by atoms with van der Waals surface area (Å²) in [7, 11) is 0. The van der Waals surface area contributed by atoms with Gasteiger partial charge in [0.1, 0.15) is 5.02 Å². The zero-order valence-electron chi connectivity index (χ0n) is 10.5. The molecule has 0 atom stereocenters. The molecule has 1 aromatic carbocycles. The Kier molecular flexibility index (Phi) is 3.85. The van der Waals surface area contributed by atoms with Gasteiger partial charge in [-0.1, -0.05) is 18.5 Å². The highest BCUT2D eigenvalue weighted by atomic mass is 35.5. The Morgan fingerprint density at radius 3 is 2.44 bits per heavy atom. The first-order valence-electron chi connectivity index (χ1n) is 6.28. The molecule has 3 nitrogen and oxygen atoms in total. The fraction of sp³-hybridized carbons (Fsp3) is 0.538. The van der Waals surface area contributed by atoms with Gasteiger partial charge in [-0.3, -0.25) is 0 Å². The van der Waals surface area contributed by atoms with Crippen LogP contribution in [0.3, 0.4) is 0 Å². The molecular weight excluding hydrogens is 253 g/mol. The van der Waals surface area contributed by atoms with Gasteiger partial charge in [0.25, 0.3) is 0 Å². The van der Waals surface area contributed by atoms with Gasteiger partial charge in [-0.15, -0.1) is 0 Å². The van der Waals surface area contributed by atoms with Gasteiger partial charge in [0.2, 0.25) is 0 Å². The molecule has 1 aromatic rings. The van der Waals surface area contributed by atoms with Gasteiger partial charge in [-0.05, 0) is 37.7 Å². The molecule has 5 heteroatoms. The second-order valence-corrected chi connectivity index (χ2v) is 5.54. The Morgan fingerprint density at radius 1 is 1.22 bits per heavy atom. The molecule has 2 rings (SSSR count). The van der Waals surface area contributed by atoms with Crippen LogP contribution in [0.2, 0.25) is 5.02 Å². The molecule has 0 aliphatic heterocycles. The number of benzene rings is 1. The lowest BCUT2D eigenvalue weighted by molar-refractivity contribution is 0.360. The van der Waals surface area contributed by atoms with E-state index < -0.39 is 5.82 Å². The summed E-state index contributed by atoms with van der Waals surface area (Å²) < 4.78 is 14.0. The minimum absolute atomic E-state index is 0.0594. The molecule has 5 N–H and O–H groups in total. The summed E-state index contributed by atoms with van der Waals surface area (Å²) in [6.45, 7) is 2.24. The van der Waals surface area contributed by atoms with Crippen LogP contribution in [-0.2, 0) is 0 Å². The van der Waals surface area contributed by atoms with E-state index in [0.29, 0.717) is 5.69 Å². The standard InChI is InChI=1S/C13H19ClFN3/c1-7-2-4-8(5-3-7)18-13-10(17)6-9(16)11(14)12(13)15/h6-8,18H,2-5,16-17H2,1H3. The SMILES string of the molecule is CC1CCC(Nc2c(N)cc(N)c(Cl)c2F)CC1. The molecule has 18 heavy (non-hydrogen) atoms. The Labute approximate surface area is 112 Å². The van der Waals surface area contributed by atoms with E-state index in [1.165, 1.54) is 6.07 Å². The van der Waals surface area contributed by atoms with Crippen LogP contribution in [0.25, 0.3) is 0 Å². The number of halogens is 2. The van der Waals surface area contributed by atoms with Gasteiger partial charge in [-0.2, -0.15) is 0 Å². The number of rotatable bonds is 2. The Balaban J connectivity index is 2.16. The Hall–Kier alpha value is -1.16. The van der Waals surface area contributed by atoms with Crippen LogP contribution < -0.4 is 16.8 Å². The lowest BCUT2D eigenvalue weighted by atomic mass is 9.87. The van der Waals surface area contributed by atoms with Crippen LogP contribution >= 0.6 is 11.6 Å². The molecule has 0 amide bonds. The fourth-order valence-electron chi connectivity index (χ4n) is 2.42. The summed E-state index contributed by atoms with van der Waals surface area (Å²) in [5.41, 5.74) is 12.1. The molecular formula is C13H19ClFN3. The minimum Gasteiger partial charge on any atom is -0.397 e. The van der Waals surface area contributed by atoms with Crippen LogP contribution in [0.1, 0.15) is 32.6 Å². The van der Waals surface area contributed by atoms with Crippen molar-refractivity contribution < 1.29 is 4.39 Å². The first-order valence-corrected chi connectivity index (χ1v) is 6.66. The van der Waals surface area contributed by atoms with Crippen LogP contribution in [0, 0.1) is 11.7 Å². The quantitative estimate of drug-likeness (QED) is 0.720. The van der Waals surface area contributed by atoms with Crippen molar-refractivity contribution in [2.75, 3.05) is 16.8 Å². The van der Waals surface area contributed by atoms with Crippen molar-refractivity contribution in [1.82, 2.24) is 0 Å². The largest absolute Gasteiger partial charge is 0.397 e. The predicted molar refractivity (Wildman–Crippen MR) is 75.3 cm³/mol. The van der Waals surface area contributed by atoms with Gasteiger partial charge in [0, 0.05) is 6.04 Å². The van der Waals surface area contributed by atoms with Crippen LogP contribution in [0.15, 0.2) is 6.07 Å². The second kappa shape index (κ2) is 5.22. The highest BCUT2D eigenvalue weighted by Crippen LogP contribution is 2.35. The van der Waals surface area contributed by atoms with Crippen molar-refractivity contribution in [3.63, 3.8) is 0 Å². The Morgan fingerprint density at radius 2 is 1.83 bits per heavy atom. The molecule has 1 aliphatic rings. The predicted octanol–water partition coefficient (Wildman–Crippen LogP) is 3.63. The maximum atomic E-state index is 14.0. The molecule has 1 fully saturated rings. The minimum atomic E-state index is -0.548. The van der Waals surface area contributed by atoms with E-state index in [2.05, 4.69) is 12.2 Å². The van der Waals surface area contributed by atoms with Gasteiger partial charge < -0.3 is 16.8 Å². The number of anilines is 3. The third-order valence-electron chi connectivity index (χ3n) is 3.63. The van der Waals surface area contributed by atoms with Gasteiger partial charge in [-0.25, -0.2) is 4.39 Å². The van der Waals surface area contributed by atoms with E-state index in [1.807, 2.05) is 0 Å². The molecule has 0 heterocycles. The third-order valence-corrected chi connectivity index (χ3v) is 4.01. The van der Waals surface area contributed by atoms with Gasteiger partial charge in [0.05, 0.1) is 17.1 Å². The maximum Gasteiger partial charge on any atom is 0.169 e. The molecule has 1 saturated carbocycles. The zero-order valence-corrected chi connectivity index (χ0v) is 11.2. The van der Waals surface area contributed by atoms with E-state index in [-0.39, 0.29) is 22.4 Å². The van der Waals surface area contributed by atoms with Crippen molar-refractivity contribution in [3.05, 3.63) is 16.9 Å². The van der Waals surface area contributed by atoms with Crippen LogP contribution in [0.5, 0.6) is 0 Å². The Bertz CT molecular complexity index is 442. The van der Waals surface area contributed by atoms with E-state index >= 15 is 0 Å². The summed E-state index contributed by atoms with van der Waals surface area (Å²) in [6, 6.07) is 1.76. The van der Waals surface area contributed by atoms with E-state index in [0.717, 1.165) is 31.6 Å². The van der Waals surface area contributed by atoms with E-state index in [1.54, 1.807) is 0 Å². The topological polar surface area (TPSA) is 64.1 Å². The van der Waals surface area contributed by atoms with Crippen LogP contribution in [-0.4, -0.2) is 6.04 Å². The molecule has 1 aliphatic carbocycles. The smallest absolute Gasteiger partial charge is 0.169 e.